The lowest BCUT2D eigenvalue weighted by Gasteiger charge is -2.09. The number of hydrogen-bond acceptors (Lipinski definition) is 4. The van der Waals surface area contributed by atoms with Gasteiger partial charge in [0.05, 0.1) is 11.3 Å². The Labute approximate surface area is 110 Å². The Morgan fingerprint density at radius 1 is 1.29 bits per heavy atom. The van der Waals surface area contributed by atoms with Crippen molar-refractivity contribution in [2.24, 2.45) is 10.3 Å². The van der Waals surface area contributed by atoms with Gasteiger partial charge in [-0.3, -0.25) is 0 Å². The third-order valence-electron chi connectivity index (χ3n) is 2.65. The van der Waals surface area contributed by atoms with E-state index in [4.69, 9.17) is 0 Å². The van der Waals surface area contributed by atoms with Crippen molar-refractivity contribution in [1.29, 1.82) is 5.26 Å². The van der Waals surface area contributed by atoms with Crippen molar-refractivity contribution < 1.29 is 0 Å². The molecule has 0 aromatic rings. The molecule has 0 fully saturated rings. The van der Waals surface area contributed by atoms with E-state index < -0.39 is 0 Å². The molecular weight excluding hydrogens is 248 g/mol. The molecule has 0 aromatic carbocycles. The number of nitrogens with zero attached hydrogens (tertiary/aromatic N) is 2. The molecule has 0 spiro atoms. The number of nitriles is 1. The summed E-state index contributed by atoms with van der Waals surface area (Å²) in [5.41, 5.74) is 2.69. The van der Waals surface area contributed by atoms with E-state index in [-0.39, 0.29) is 5.92 Å². The number of rotatable bonds is 3. The highest BCUT2D eigenvalue weighted by Gasteiger charge is 2.26. The van der Waals surface area contributed by atoms with Crippen LogP contribution in [0.25, 0.3) is 0 Å². The summed E-state index contributed by atoms with van der Waals surface area (Å²) in [6, 6.07) is 2.27. The Morgan fingerprint density at radius 2 is 2.00 bits per heavy atom. The Bertz CT molecular complexity index is 504. The van der Waals surface area contributed by atoms with Gasteiger partial charge in [-0.25, -0.2) is 4.40 Å². The lowest BCUT2D eigenvalue weighted by Crippen LogP contribution is -1.95. The first kappa shape index (κ1) is 12.3. The third-order valence-corrected chi connectivity index (χ3v) is 3.88. The van der Waals surface area contributed by atoms with Crippen molar-refractivity contribution in [3.05, 3.63) is 46.4 Å². The van der Waals surface area contributed by atoms with Gasteiger partial charge >= 0.3 is 0 Å². The summed E-state index contributed by atoms with van der Waals surface area (Å²) in [5.74, 6) is 0.287. The zero-order valence-corrected chi connectivity index (χ0v) is 11.3. The van der Waals surface area contributed by atoms with Gasteiger partial charge in [-0.15, -0.1) is 11.8 Å². The van der Waals surface area contributed by atoms with E-state index in [0.717, 1.165) is 10.6 Å². The summed E-state index contributed by atoms with van der Waals surface area (Å²) in [6.45, 7) is 0. The second kappa shape index (κ2) is 5.44. The van der Waals surface area contributed by atoms with Crippen LogP contribution in [0.15, 0.2) is 50.8 Å². The van der Waals surface area contributed by atoms with E-state index in [9.17, 15) is 5.26 Å². The molecule has 0 atom stereocenters. The maximum Gasteiger partial charge on any atom is 0.103 e. The van der Waals surface area contributed by atoms with Crippen LogP contribution in [0, 0.1) is 17.2 Å². The standard InChI is InChI=1S/C13H12N2S2/c1-16-13-10(9-5-3-4-6-9)7-12(15-17-2)11(13)8-14/h3-7,9H,1-2H3/b15-12-. The summed E-state index contributed by atoms with van der Waals surface area (Å²) in [5, 5.41) is 9.24. The SMILES string of the molecule is CS/N=C1/C=C(C2C=CC=C2)C(SC)=C1C#N. The predicted molar refractivity (Wildman–Crippen MR) is 77.0 cm³/mol. The maximum absolute atomic E-state index is 9.24. The second-order valence-corrected chi connectivity index (χ2v) is 4.94. The van der Waals surface area contributed by atoms with Crippen molar-refractivity contribution in [3.63, 3.8) is 0 Å². The minimum absolute atomic E-state index is 0.287. The predicted octanol–water partition coefficient (Wildman–Crippen LogP) is 3.53. The number of allylic oxidation sites excluding steroid dienone is 7. The molecule has 0 saturated heterocycles. The average Bonchev–Trinajstić information content (AvgIpc) is 2.95. The van der Waals surface area contributed by atoms with Crippen molar-refractivity contribution in [2.45, 2.75) is 0 Å². The molecule has 2 rings (SSSR count). The van der Waals surface area contributed by atoms with Gasteiger partial charge in [0.25, 0.3) is 0 Å². The molecule has 0 aliphatic heterocycles. The van der Waals surface area contributed by atoms with Gasteiger partial charge in [0.15, 0.2) is 0 Å². The average molecular weight is 260 g/mol. The molecule has 86 valence electrons. The van der Waals surface area contributed by atoms with Crippen LogP contribution in [0.5, 0.6) is 0 Å². The van der Waals surface area contributed by atoms with Gasteiger partial charge in [0, 0.05) is 17.1 Å². The van der Waals surface area contributed by atoms with Crippen molar-refractivity contribution in [1.82, 2.24) is 0 Å². The molecule has 17 heavy (non-hydrogen) atoms. The molecule has 2 aliphatic rings. The first-order valence-corrected chi connectivity index (χ1v) is 7.59. The van der Waals surface area contributed by atoms with Gasteiger partial charge in [-0.2, -0.15) is 5.26 Å². The lowest BCUT2D eigenvalue weighted by molar-refractivity contribution is 1.03. The Hall–Kier alpha value is -1.18. The summed E-state index contributed by atoms with van der Waals surface area (Å²) in [4.78, 5) is 1.06. The van der Waals surface area contributed by atoms with Crippen LogP contribution in [0.3, 0.4) is 0 Å². The summed E-state index contributed by atoms with van der Waals surface area (Å²) in [6.07, 6.45) is 14.3. The second-order valence-electron chi connectivity index (χ2n) is 3.57. The fraction of sp³-hybridized carbons (Fsp3) is 0.231. The van der Waals surface area contributed by atoms with E-state index in [1.807, 2.05) is 30.7 Å². The molecule has 0 radical (unpaired) electrons. The molecule has 0 bridgehead atoms. The largest absolute Gasteiger partial charge is 0.216 e. The van der Waals surface area contributed by atoms with E-state index >= 15 is 0 Å². The highest BCUT2D eigenvalue weighted by Crippen LogP contribution is 2.38. The molecule has 0 N–H and O–H groups in total. The van der Waals surface area contributed by atoms with E-state index in [2.05, 4.69) is 22.6 Å². The summed E-state index contributed by atoms with van der Waals surface area (Å²) >= 11 is 3.01. The van der Waals surface area contributed by atoms with Crippen LogP contribution in [0.1, 0.15) is 0 Å². The van der Waals surface area contributed by atoms with Crippen molar-refractivity contribution in [3.8, 4) is 6.07 Å². The number of thioether (sulfide) groups is 1. The van der Waals surface area contributed by atoms with E-state index in [0.29, 0.717) is 5.57 Å². The van der Waals surface area contributed by atoms with Gasteiger partial charge in [-0.1, -0.05) is 24.3 Å². The van der Waals surface area contributed by atoms with Gasteiger partial charge < -0.3 is 0 Å². The molecule has 0 heterocycles. The normalized spacial score (nSPS) is 21.5. The summed E-state index contributed by atoms with van der Waals surface area (Å²) < 4.78 is 4.31. The molecule has 0 aromatic heterocycles. The first-order chi connectivity index (χ1) is 8.31. The molecule has 2 nitrogen and oxygen atoms in total. The van der Waals surface area contributed by atoms with Crippen LogP contribution in [0.2, 0.25) is 0 Å². The maximum atomic E-state index is 9.24. The first-order valence-electron chi connectivity index (χ1n) is 5.18. The molecular formula is C13H12N2S2. The smallest absolute Gasteiger partial charge is 0.103 e. The third kappa shape index (κ3) is 2.26. The fourth-order valence-corrected chi connectivity index (χ4v) is 3.06. The Balaban J connectivity index is 2.46. The lowest BCUT2D eigenvalue weighted by atomic mass is 10.0. The van der Waals surface area contributed by atoms with Crippen molar-refractivity contribution >= 4 is 29.4 Å². The topological polar surface area (TPSA) is 36.1 Å². The minimum atomic E-state index is 0.287. The van der Waals surface area contributed by atoms with Crippen molar-refractivity contribution in [2.75, 3.05) is 12.5 Å². The minimum Gasteiger partial charge on any atom is -0.216 e. The zero-order chi connectivity index (χ0) is 12.3. The van der Waals surface area contributed by atoms with Crippen LogP contribution < -0.4 is 0 Å². The summed E-state index contributed by atoms with van der Waals surface area (Å²) in [7, 11) is 0. The van der Waals surface area contributed by atoms with Crippen LogP contribution >= 0.6 is 23.7 Å². The van der Waals surface area contributed by atoms with Gasteiger partial charge in [0.1, 0.15) is 6.07 Å². The fourth-order valence-electron chi connectivity index (χ4n) is 1.93. The van der Waals surface area contributed by atoms with Crippen LogP contribution in [-0.4, -0.2) is 18.2 Å². The highest BCUT2D eigenvalue weighted by atomic mass is 32.2. The molecule has 4 heteroatoms. The number of hydrogen-bond donors (Lipinski definition) is 0. The van der Waals surface area contributed by atoms with Crippen LogP contribution in [0.4, 0.5) is 0 Å². The Morgan fingerprint density at radius 3 is 2.53 bits per heavy atom. The molecule has 0 unspecified atom stereocenters. The monoisotopic (exact) mass is 260 g/mol. The van der Waals surface area contributed by atoms with E-state index in [1.54, 1.807) is 11.8 Å². The molecule has 0 amide bonds. The quantitative estimate of drug-likeness (QED) is 0.728. The molecule has 2 aliphatic carbocycles. The van der Waals surface area contributed by atoms with Gasteiger partial charge in [-0.05, 0) is 29.9 Å². The highest BCUT2D eigenvalue weighted by molar-refractivity contribution is 8.02. The van der Waals surface area contributed by atoms with Gasteiger partial charge in [0.2, 0.25) is 0 Å². The molecule has 0 saturated carbocycles. The van der Waals surface area contributed by atoms with E-state index in [1.165, 1.54) is 17.5 Å². The zero-order valence-electron chi connectivity index (χ0n) is 9.68. The van der Waals surface area contributed by atoms with Crippen LogP contribution in [-0.2, 0) is 0 Å². The Kier molecular flexibility index (Phi) is 3.93.